The van der Waals surface area contributed by atoms with Crippen LogP contribution in [0.2, 0.25) is 0 Å². The quantitative estimate of drug-likeness (QED) is 0.565. The minimum Gasteiger partial charge on any atom is -0.255 e. The standard InChI is InChI=1S/C13H20.H2O2/c1-9(2)12-8-6-7-11(5)13(12)10(3)4;1-2/h6-10H,1-5H3;1-2H. The number of benzene rings is 1. The van der Waals surface area contributed by atoms with Crippen LogP contribution in [0, 0.1) is 6.92 Å². The van der Waals surface area contributed by atoms with Gasteiger partial charge in [-0.15, -0.1) is 0 Å². The van der Waals surface area contributed by atoms with Gasteiger partial charge in [0.2, 0.25) is 0 Å². The molecule has 0 unspecified atom stereocenters. The Morgan fingerprint density at radius 1 is 0.933 bits per heavy atom. The zero-order valence-electron chi connectivity index (χ0n) is 10.3. The van der Waals surface area contributed by atoms with E-state index in [9.17, 15) is 0 Å². The van der Waals surface area contributed by atoms with Crippen LogP contribution >= 0.6 is 0 Å². The molecule has 2 heteroatoms. The highest BCUT2D eigenvalue weighted by Crippen LogP contribution is 2.28. The summed E-state index contributed by atoms with van der Waals surface area (Å²) in [7, 11) is 0. The summed E-state index contributed by atoms with van der Waals surface area (Å²) >= 11 is 0. The minimum absolute atomic E-state index is 0.636. The van der Waals surface area contributed by atoms with E-state index in [1.165, 1.54) is 16.7 Å². The van der Waals surface area contributed by atoms with Crippen LogP contribution in [-0.4, -0.2) is 10.5 Å². The molecule has 0 aliphatic carbocycles. The van der Waals surface area contributed by atoms with Crippen molar-refractivity contribution in [2.45, 2.75) is 46.5 Å². The molecule has 0 spiro atoms. The van der Waals surface area contributed by atoms with Gasteiger partial charge in [-0.25, -0.2) is 0 Å². The van der Waals surface area contributed by atoms with Crippen molar-refractivity contribution >= 4 is 0 Å². The van der Waals surface area contributed by atoms with Crippen molar-refractivity contribution in [3.63, 3.8) is 0 Å². The Bertz CT molecular complexity index is 291. The molecule has 0 atom stereocenters. The Morgan fingerprint density at radius 3 is 1.80 bits per heavy atom. The van der Waals surface area contributed by atoms with E-state index in [4.69, 9.17) is 10.5 Å². The number of hydrogen-bond acceptors (Lipinski definition) is 2. The second kappa shape index (κ2) is 6.59. The summed E-state index contributed by atoms with van der Waals surface area (Å²) in [4.78, 5) is 0. The highest BCUT2D eigenvalue weighted by atomic mass is 17.0. The lowest BCUT2D eigenvalue weighted by Gasteiger charge is -2.18. The average molecular weight is 210 g/mol. The third-order valence-electron chi connectivity index (χ3n) is 2.56. The highest BCUT2D eigenvalue weighted by molar-refractivity contribution is 5.38. The van der Waals surface area contributed by atoms with Crippen LogP contribution in [0.1, 0.15) is 56.2 Å². The molecule has 86 valence electrons. The zero-order valence-corrected chi connectivity index (χ0v) is 10.3. The van der Waals surface area contributed by atoms with Gasteiger partial charge >= 0.3 is 0 Å². The largest absolute Gasteiger partial charge is 0.255 e. The molecule has 0 saturated carbocycles. The maximum absolute atomic E-state index is 6.00. The molecule has 2 nitrogen and oxygen atoms in total. The third kappa shape index (κ3) is 3.65. The Labute approximate surface area is 92.5 Å². The fraction of sp³-hybridized carbons (Fsp3) is 0.538. The first-order valence-electron chi connectivity index (χ1n) is 5.33. The molecule has 1 rings (SSSR count). The number of hydrogen-bond donors (Lipinski definition) is 2. The molecule has 0 radical (unpaired) electrons. The molecule has 2 N–H and O–H groups in total. The van der Waals surface area contributed by atoms with E-state index in [1.807, 2.05) is 0 Å². The molecule has 0 amide bonds. The van der Waals surface area contributed by atoms with Crippen molar-refractivity contribution in [1.29, 1.82) is 0 Å². The van der Waals surface area contributed by atoms with Crippen LogP contribution in [0.25, 0.3) is 0 Å². The third-order valence-corrected chi connectivity index (χ3v) is 2.56. The summed E-state index contributed by atoms with van der Waals surface area (Å²) in [6.45, 7) is 11.3. The van der Waals surface area contributed by atoms with E-state index in [0.717, 1.165) is 0 Å². The monoisotopic (exact) mass is 210 g/mol. The molecule has 0 bridgehead atoms. The van der Waals surface area contributed by atoms with E-state index in [2.05, 4.69) is 52.8 Å². The maximum Gasteiger partial charge on any atom is -0.0213 e. The first-order valence-corrected chi connectivity index (χ1v) is 5.33. The van der Waals surface area contributed by atoms with Crippen LogP contribution in [0.15, 0.2) is 18.2 Å². The molecule has 0 aliphatic heterocycles. The highest BCUT2D eigenvalue weighted by Gasteiger charge is 2.11. The lowest BCUT2D eigenvalue weighted by molar-refractivity contribution is -0.176. The zero-order chi connectivity index (χ0) is 12.0. The molecular formula is C13H22O2. The predicted octanol–water partition coefficient (Wildman–Crippen LogP) is 4.26. The van der Waals surface area contributed by atoms with E-state index < -0.39 is 0 Å². The van der Waals surface area contributed by atoms with Gasteiger partial charge in [0.15, 0.2) is 0 Å². The second-order valence-corrected chi connectivity index (χ2v) is 4.39. The second-order valence-electron chi connectivity index (χ2n) is 4.39. The van der Waals surface area contributed by atoms with Gasteiger partial charge in [0.1, 0.15) is 0 Å². The number of rotatable bonds is 2. The minimum atomic E-state index is 0.636. The van der Waals surface area contributed by atoms with Crippen molar-refractivity contribution in [3.05, 3.63) is 34.9 Å². The smallest absolute Gasteiger partial charge is 0.0213 e. The Hall–Kier alpha value is -0.860. The Balaban J connectivity index is 0.000000921. The molecule has 0 fully saturated rings. The first kappa shape index (κ1) is 14.1. The van der Waals surface area contributed by atoms with Crippen molar-refractivity contribution in [2.75, 3.05) is 0 Å². The molecular weight excluding hydrogens is 188 g/mol. The summed E-state index contributed by atoms with van der Waals surface area (Å²) in [5.41, 5.74) is 4.48. The van der Waals surface area contributed by atoms with Gasteiger partial charge in [-0.2, -0.15) is 0 Å². The Kier molecular flexibility index (Phi) is 6.21. The van der Waals surface area contributed by atoms with Crippen LogP contribution in [-0.2, 0) is 0 Å². The summed E-state index contributed by atoms with van der Waals surface area (Å²) < 4.78 is 0. The van der Waals surface area contributed by atoms with Crippen LogP contribution in [0.4, 0.5) is 0 Å². The summed E-state index contributed by atoms with van der Waals surface area (Å²) in [6, 6.07) is 6.63. The van der Waals surface area contributed by atoms with Crippen LogP contribution < -0.4 is 0 Å². The van der Waals surface area contributed by atoms with Crippen molar-refractivity contribution < 1.29 is 10.5 Å². The molecule has 15 heavy (non-hydrogen) atoms. The summed E-state index contributed by atoms with van der Waals surface area (Å²) in [6.07, 6.45) is 0. The maximum atomic E-state index is 6.00. The molecule has 0 aliphatic rings. The lowest BCUT2D eigenvalue weighted by atomic mass is 9.87. The van der Waals surface area contributed by atoms with Gasteiger partial charge in [0.25, 0.3) is 0 Å². The molecule has 1 aromatic carbocycles. The Morgan fingerprint density at radius 2 is 1.47 bits per heavy atom. The van der Waals surface area contributed by atoms with Gasteiger partial charge in [0.05, 0.1) is 0 Å². The normalized spacial score (nSPS) is 10.2. The molecule has 1 aromatic rings. The lowest BCUT2D eigenvalue weighted by Crippen LogP contribution is -2.00. The van der Waals surface area contributed by atoms with Gasteiger partial charge in [-0.1, -0.05) is 45.9 Å². The van der Waals surface area contributed by atoms with Gasteiger partial charge in [0, 0.05) is 0 Å². The summed E-state index contributed by atoms with van der Waals surface area (Å²) in [5.74, 6) is 1.27. The number of aryl methyl sites for hydroxylation is 1. The van der Waals surface area contributed by atoms with Crippen molar-refractivity contribution in [2.24, 2.45) is 0 Å². The predicted molar refractivity (Wildman–Crippen MR) is 64.6 cm³/mol. The van der Waals surface area contributed by atoms with E-state index in [1.54, 1.807) is 0 Å². The fourth-order valence-electron chi connectivity index (χ4n) is 2.00. The van der Waals surface area contributed by atoms with Crippen molar-refractivity contribution in [1.82, 2.24) is 0 Å². The van der Waals surface area contributed by atoms with Gasteiger partial charge < -0.3 is 0 Å². The van der Waals surface area contributed by atoms with Crippen LogP contribution in [0.3, 0.4) is 0 Å². The summed E-state index contributed by atoms with van der Waals surface area (Å²) in [5, 5.41) is 12.0. The molecule has 0 heterocycles. The van der Waals surface area contributed by atoms with E-state index >= 15 is 0 Å². The van der Waals surface area contributed by atoms with Gasteiger partial charge in [-0.05, 0) is 35.4 Å². The average Bonchev–Trinajstić information content (AvgIpc) is 2.19. The molecule has 0 aromatic heterocycles. The topological polar surface area (TPSA) is 40.5 Å². The van der Waals surface area contributed by atoms with E-state index in [0.29, 0.717) is 11.8 Å². The SMILES string of the molecule is Cc1cccc(C(C)C)c1C(C)C.OO. The first-order chi connectivity index (χ1) is 7.04. The van der Waals surface area contributed by atoms with Crippen molar-refractivity contribution in [3.8, 4) is 0 Å². The molecule has 0 saturated heterocycles. The van der Waals surface area contributed by atoms with Crippen LogP contribution in [0.5, 0.6) is 0 Å². The fourth-order valence-corrected chi connectivity index (χ4v) is 2.00. The van der Waals surface area contributed by atoms with Gasteiger partial charge in [-0.3, -0.25) is 10.5 Å². The van der Waals surface area contributed by atoms with E-state index in [-0.39, 0.29) is 0 Å².